The summed E-state index contributed by atoms with van der Waals surface area (Å²) in [5, 5.41) is 0. The van der Waals surface area contributed by atoms with Crippen LogP contribution in [0.2, 0.25) is 0 Å². The number of hydrogen-bond donors (Lipinski definition) is 0. The Bertz CT molecular complexity index is 959. The van der Waals surface area contributed by atoms with E-state index in [9.17, 15) is 17.2 Å². The number of rotatable bonds is 5. The van der Waals surface area contributed by atoms with Crippen LogP contribution < -0.4 is 4.74 Å². The van der Waals surface area contributed by atoms with E-state index in [-0.39, 0.29) is 11.0 Å². The van der Waals surface area contributed by atoms with Gasteiger partial charge < -0.3 is 9.64 Å². The molecule has 0 spiro atoms. The van der Waals surface area contributed by atoms with Crippen molar-refractivity contribution in [1.82, 2.24) is 14.2 Å². The predicted molar refractivity (Wildman–Crippen MR) is 108 cm³/mol. The van der Waals surface area contributed by atoms with Gasteiger partial charge in [0.05, 0.1) is 4.90 Å². The minimum absolute atomic E-state index is 0.178. The molecule has 2 aliphatic heterocycles. The molecule has 0 radical (unpaired) electrons. The Morgan fingerprint density at radius 3 is 2.20 bits per heavy atom. The highest BCUT2D eigenvalue weighted by molar-refractivity contribution is 7.89. The predicted octanol–water partition coefficient (Wildman–Crippen LogP) is 3.06. The van der Waals surface area contributed by atoms with Gasteiger partial charge in [-0.3, -0.25) is 4.98 Å². The zero-order chi connectivity index (χ0) is 21.1. The SMILES string of the molecule is O=S(=O)(c1ccc(F)c(F)c1)N1CCC(N2CCC(Oc3ccncc3)CC2)CC1. The molecule has 6 nitrogen and oxygen atoms in total. The average molecular weight is 438 g/mol. The van der Waals surface area contributed by atoms with E-state index in [0.717, 1.165) is 62.7 Å². The Morgan fingerprint density at radius 2 is 1.57 bits per heavy atom. The molecule has 2 saturated heterocycles. The Labute approximate surface area is 175 Å². The molecule has 0 atom stereocenters. The molecular weight excluding hydrogens is 412 g/mol. The van der Waals surface area contributed by atoms with Gasteiger partial charge in [0.2, 0.25) is 10.0 Å². The van der Waals surface area contributed by atoms with Crippen molar-refractivity contribution >= 4 is 10.0 Å². The van der Waals surface area contributed by atoms with Crippen molar-refractivity contribution in [3.8, 4) is 5.75 Å². The molecule has 0 saturated carbocycles. The van der Waals surface area contributed by atoms with Crippen LogP contribution in [0.1, 0.15) is 25.7 Å². The average Bonchev–Trinajstić information content (AvgIpc) is 2.77. The molecule has 1 aromatic carbocycles. The number of pyridine rings is 1. The van der Waals surface area contributed by atoms with E-state index < -0.39 is 21.7 Å². The summed E-state index contributed by atoms with van der Waals surface area (Å²) >= 11 is 0. The number of halogens is 2. The quantitative estimate of drug-likeness (QED) is 0.720. The van der Waals surface area contributed by atoms with Crippen LogP contribution in [0.25, 0.3) is 0 Å². The molecule has 0 unspecified atom stereocenters. The maximum atomic E-state index is 13.5. The highest BCUT2D eigenvalue weighted by Crippen LogP contribution is 2.27. The van der Waals surface area contributed by atoms with Crippen molar-refractivity contribution in [2.75, 3.05) is 26.2 Å². The molecule has 0 amide bonds. The minimum Gasteiger partial charge on any atom is -0.490 e. The third kappa shape index (κ3) is 4.63. The maximum absolute atomic E-state index is 13.5. The molecule has 2 fully saturated rings. The van der Waals surface area contributed by atoms with Crippen molar-refractivity contribution in [2.45, 2.75) is 42.7 Å². The molecule has 2 aliphatic rings. The molecule has 2 aromatic rings. The Hall–Kier alpha value is -2.10. The Kier molecular flexibility index (Phi) is 6.31. The molecule has 1 aromatic heterocycles. The van der Waals surface area contributed by atoms with Gasteiger partial charge in [-0.25, -0.2) is 17.2 Å². The van der Waals surface area contributed by atoms with Crippen LogP contribution in [0.3, 0.4) is 0 Å². The molecule has 3 heterocycles. The first kappa shape index (κ1) is 21.1. The first-order chi connectivity index (χ1) is 14.4. The van der Waals surface area contributed by atoms with E-state index in [4.69, 9.17) is 4.74 Å². The number of aromatic nitrogens is 1. The standard InChI is InChI=1S/C21H25F2N3O3S/c22-20-2-1-19(15-21(20)23)30(27,28)26-13-5-16(6-14-26)25-11-7-18(8-12-25)29-17-3-9-24-10-4-17/h1-4,9-10,15-16,18H,5-8,11-14H2. The summed E-state index contributed by atoms with van der Waals surface area (Å²) in [5.74, 6) is -1.37. The van der Waals surface area contributed by atoms with Crippen molar-refractivity contribution in [1.29, 1.82) is 0 Å². The molecule has 162 valence electrons. The van der Waals surface area contributed by atoms with Crippen LogP contribution in [0.15, 0.2) is 47.6 Å². The molecule has 0 bridgehead atoms. The normalized spacial score (nSPS) is 20.3. The van der Waals surface area contributed by atoms with Crippen molar-refractivity contribution < 1.29 is 21.9 Å². The summed E-state index contributed by atoms with van der Waals surface area (Å²) in [6, 6.07) is 6.76. The summed E-state index contributed by atoms with van der Waals surface area (Å²) in [5.41, 5.74) is 0. The first-order valence-corrected chi connectivity index (χ1v) is 11.6. The zero-order valence-corrected chi connectivity index (χ0v) is 17.4. The number of sulfonamides is 1. The fourth-order valence-corrected chi connectivity index (χ4v) is 5.68. The minimum atomic E-state index is -3.82. The maximum Gasteiger partial charge on any atom is 0.243 e. The van der Waals surface area contributed by atoms with Crippen molar-refractivity contribution in [3.05, 3.63) is 54.4 Å². The molecule has 0 N–H and O–H groups in total. The summed E-state index contributed by atoms with van der Waals surface area (Å²) in [4.78, 5) is 6.20. The molecule has 9 heteroatoms. The second kappa shape index (κ2) is 8.95. The number of benzene rings is 1. The molecule has 30 heavy (non-hydrogen) atoms. The summed E-state index contributed by atoms with van der Waals surface area (Å²) in [7, 11) is -3.82. The number of likely N-dealkylation sites (tertiary alicyclic amines) is 1. The fourth-order valence-electron chi connectivity index (χ4n) is 4.20. The third-order valence-corrected chi connectivity index (χ3v) is 7.79. The highest BCUT2D eigenvalue weighted by Gasteiger charge is 2.33. The number of piperidine rings is 2. The van der Waals surface area contributed by atoms with Crippen molar-refractivity contribution in [2.24, 2.45) is 0 Å². The van der Waals surface area contributed by atoms with Gasteiger partial charge in [-0.2, -0.15) is 4.31 Å². The highest BCUT2D eigenvalue weighted by atomic mass is 32.2. The fraction of sp³-hybridized carbons (Fsp3) is 0.476. The van der Waals surface area contributed by atoms with Crippen LogP contribution in [0, 0.1) is 11.6 Å². The van der Waals surface area contributed by atoms with Gasteiger partial charge >= 0.3 is 0 Å². The van der Waals surface area contributed by atoms with E-state index in [1.165, 1.54) is 4.31 Å². The van der Waals surface area contributed by atoms with E-state index in [1.54, 1.807) is 12.4 Å². The Morgan fingerprint density at radius 1 is 0.900 bits per heavy atom. The lowest BCUT2D eigenvalue weighted by Crippen LogP contribution is -2.50. The third-order valence-electron chi connectivity index (χ3n) is 5.90. The van der Waals surface area contributed by atoms with Crippen LogP contribution in [-0.2, 0) is 10.0 Å². The van der Waals surface area contributed by atoms with E-state index >= 15 is 0 Å². The van der Waals surface area contributed by atoms with Gasteiger partial charge in [0.1, 0.15) is 11.9 Å². The van der Waals surface area contributed by atoms with Crippen molar-refractivity contribution in [3.63, 3.8) is 0 Å². The monoisotopic (exact) mass is 437 g/mol. The lowest BCUT2D eigenvalue weighted by molar-refractivity contribution is 0.0585. The van der Waals surface area contributed by atoms with Gasteiger partial charge in [0.15, 0.2) is 11.6 Å². The lowest BCUT2D eigenvalue weighted by atomic mass is 10.00. The zero-order valence-electron chi connectivity index (χ0n) is 16.6. The topological polar surface area (TPSA) is 62.7 Å². The van der Waals surface area contributed by atoms with E-state index in [2.05, 4.69) is 9.88 Å². The second-order valence-corrected chi connectivity index (χ2v) is 9.69. The van der Waals surface area contributed by atoms with Gasteiger partial charge in [-0.05, 0) is 56.0 Å². The largest absolute Gasteiger partial charge is 0.490 e. The van der Waals surface area contributed by atoms with Crippen LogP contribution in [0.4, 0.5) is 8.78 Å². The number of hydrogen-bond acceptors (Lipinski definition) is 5. The van der Waals surface area contributed by atoms with Gasteiger partial charge in [0.25, 0.3) is 0 Å². The molecule has 0 aliphatic carbocycles. The Balaban J connectivity index is 1.29. The van der Waals surface area contributed by atoms with Gasteiger partial charge in [0, 0.05) is 44.6 Å². The number of nitrogens with zero attached hydrogens (tertiary/aromatic N) is 3. The number of ether oxygens (including phenoxy) is 1. The smallest absolute Gasteiger partial charge is 0.243 e. The molecular formula is C21H25F2N3O3S. The second-order valence-electron chi connectivity index (χ2n) is 7.75. The summed E-state index contributed by atoms with van der Waals surface area (Å²) in [6.07, 6.45) is 6.90. The molecule has 4 rings (SSSR count). The van der Waals surface area contributed by atoms with E-state index in [1.807, 2.05) is 12.1 Å². The van der Waals surface area contributed by atoms with Gasteiger partial charge in [-0.15, -0.1) is 0 Å². The van der Waals surface area contributed by atoms with Crippen LogP contribution >= 0.6 is 0 Å². The van der Waals surface area contributed by atoms with Crippen LogP contribution in [0.5, 0.6) is 5.75 Å². The van der Waals surface area contributed by atoms with Gasteiger partial charge in [-0.1, -0.05) is 0 Å². The van der Waals surface area contributed by atoms with Crippen LogP contribution in [-0.4, -0.2) is 60.9 Å². The summed E-state index contributed by atoms with van der Waals surface area (Å²) < 4.78 is 59.5. The van der Waals surface area contributed by atoms with E-state index in [0.29, 0.717) is 19.1 Å². The first-order valence-electron chi connectivity index (χ1n) is 10.2. The lowest BCUT2D eigenvalue weighted by Gasteiger charge is -2.41. The summed E-state index contributed by atoms with van der Waals surface area (Å²) in [6.45, 7) is 2.57.